The van der Waals surface area contributed by atoms with E-state index in [1.54, 1.807) is 36.8 Å². The van der Waals surface area contributed by atoms with Crippen molar-refractivity contribution in [2.24, 2.45) is 0 Å². The van der Waals surface area contributed by atoms with Gasteiger partial charge in [0.1, 0.15) is 11.6 Å². The van der Waals surface area contributed by atoms with Gasteiger partial charge in [0.2, 0.25) is 5.13 Å². The zero-order valence-corrected chi connectivity index (χ0v) is 16.9. The number of ether oxygens (including phenoxy) is 2. The summed E-state index contributed by atoms with van der Waals surface area (Å²) < 4.78 is 11.8. The standard InChI is InChI=1S/C17H15BrN6O3S/c18-11-8-12(10-19-9-11)27-17-23-22-16(28-17)21-15(25)13-2-1-3-20-14(13)24-4-6-26-7-5-24/h1-3,8-10H,4-7H2,(H,21,22,25). The summed E-state index contributed by atoms with van der Waals surface area (Å²) in [5, 5.41) is 11.3. The number of nitrogens with one attached hydrogen (secondary N) is 1. The maximum absolute atomic E-state index is 12.8. The molecule has 4 rings (SSSR count). The van der Waals surface area contributed by atoms with Gasteiger partial charge in [0, 0.05) is 30.0 Å². The van der Waals surface area contributed by atoms with Gasteiger partial charge in [0.25, 0.3) is 5.91 Å². The fraction of sp³-hybridized carbons (Fsp3) is 0.235. The van der Waals surface area contributed by atoms with Crippen molar-refractivity contribution in [3.05, 3.63) is 46.8 Å². The number of carbonyl (C=O) groups is 1. The molecule has 0 saturated carbocycles. The van der Waals surface area contributed by atoms with Crippen molar-refractivity contribution < 1.29 is 14.3 Å². The van der Waals surface area contributed by atoms with Crippen molar-refractivity contribution in [2.75, 3.05) is 36.5 Å². The third kappa shape index (κ3) is 4.43. The molecule has 1 saturated heterocycles. The first-order valence-electron chi connectivity index (χ1n) is 8.40. The molecule has 0 radical (unpaired) electrons. The molecule has 9 nitrogen and oxygen atoms in total. The fourth-order valence-electron chi connectivity index (χ4n) is 2.62. The van der Waals surface area contributed by atoms with E-state index in [4.69, 9.17) is 9.47 Å². The van der Waals surface area contributed by atoms with Crippen molar-refractivity contribution >= 4 is 44.1 Å². The average molecular weight is 463 g/mol. The van der Waals surface area contributed by atoms with Crippen LogP contribution in [0.15, 0.2) is 41.3 Å². The van der Waals surface area contributed by atoms with Crippen LogP contribution in [0.5, 0.6) is 10.9 Å². The Bertz CT molecular complexity index is 979. The van der Waals surface area contributed by atoms with Gasteiger partial charge >= 0.3 is 5.19 Å². The molecule has 144 valence electrons. The van der Waals surface area contributed by atoms with Crippen LogP contribution in [0, 0.1) is 0 Å². The number of pyridine rings is 2. The lowest BCUT2D eigenvalue weighted by atomic mass is 10.2. The largest absolute Gasteiger partial charge is 0.428 e. The Labute approximate surface area is 172 Å². The van der Waals surface area contributed by atoms with Crippen molar-refractivity contribution in [1.82, 2.24) is 20.2 Å². The average Bonchev–Trinajstić information content (AvgIpc) is 3.15. The highest BCUT2D eigenvalue weighted by molar-refractivity contribution is 9.10. The minimum atomic E-state index is -0.304. The summed E-state index contributed by atoms with van der Waals surface area (Å²) in [4.78, 5) is 23.2. The van der Waals surface area contributed by atoms with Crippen molar-refractivity contribution in [2.45, 2.75) is 0 Å². The molecule has 4 heterocycles. The Kier molecular flexibility index (Phi) is 5.74. The summed E-state index contributed by atoms with van der Waals surface area (Å²) in [6.07, 6.45) is 4.89. The van der Waals surface area contributed by atoms with E-state index in [1.807, 2.05) is 4.90 Å². The van der Waals surface area contributed by atoms with Crippen LogP contribution in [0.4, 0.5) is 10.9 Å². The third-order valence-electron chi connectivity index (χ3n) is 3.85. The first-order valence-corrected chi connectivity index (χ1v) is 10.0. The molecule has 1 aliphatic heterocycles. The Morgan fingerprint density at radius 1 is 1.29 bits per heavy atom. The maximum atomic E-state index is 12.8. The van der Waals surface area contributed by atoms with E-state index in [0.29, 0.717) is 53.8 Å². The van der Waals surface area contributed by atoms with Crippen molar-refractivity contribution in [1.29, 1.82) is 0 Å². The van der Waals surface area contributed by atoms with Gasteiger partial charge in [0.05, 0.1) is 25.0 Å². The lowest BCUT2D eigenvalue weighted by molar-refractivity contribution is 0.102. The minimum absolute atomic E-state index is 0.301. The first-order chi connectivity index (χ1) is 13.7. The monoisotopic (exact) mass is 462 g/mol. The molecule has 3 aromatic heterocycles. The van der Waals surface area contributed by atoms with Crippen molar-refractivity contribution in [3.63, 3.8) is 0 Å². The summed E-state index contributed by atoms with van der Waals surface area (Å²) >= 11 is 4.45. The van der Waals surface area contributed by atoms with Gasteiger partial charge in [0.15, 0.2) is 0 Å². The SMILES string of the molecule is O=C(Nc1nnc(Oc2cncc(Br)c2)s1)c1cccnc1N1CCOCC1. The van der Waals surface area contributed by atoms with Crippen LogP contribution < -0.4 is 15.0 Å². The Hall–Kier alpha value is -2.63. The van der Waals surface area contributed by atoms with Crippen LogP contribution in [0.25, 0.3) is 0 Å². The van der Waals surface area contributed by atoms with Crippen LogP contribution in [0.3, 0.4) is 0 Å². The van der Waals surface area contributed by atoms with E-state index in [1.165, 1.54) is 0 Å². The van der Waals surface area contributed by atoms with Gasteiger partial charge in [-0.05, 0) is 45.5 Å². The van der Waals surface area contributed by atoms with Crippen molar-refractivity contribution in [3.8, 4) is 10.9 Å². The highest BCUT2D eigenvalue weighted by atomic mass is 79.9. The smallest absolute Gasteiger partial charge is 0.301 e. The van der Waals surface area contributed by atoms with Crippen LogP contribution in [0.1, 0.15) is 10.4 Å². The summed E-state index contributed by atoms with van der Waals surface area (Å²) in [5.41, 5.74) is 0.471. The number of rotatable bonds is 5. The number of hydrogen-bond acceptors (Lipinski definition) is 9. The number of aromatic nitrogens is 4. The molecular formula is C17H15BrN6O3S. The third-order valence-corrected chi connectivity index (χ3v) is 5.00. The lowest BCUT2D eigenvalue weighted by Crippen LogP contribution is -2.38. The molecule has 3 aromatic rings. The number of hydrogen-bond donors (Lipinski definition) is 1. The van der Waals surface area contributed by atoms with Crippen LogP contribution in [-0.2, 0) is 4.74 Å². The second-order valence-corrected chi connectivity index (χ2v) is 7.60. The molecule has 0 spiro atoms. The number of morpholine rings is 1. The summed E-state index contributed by atoms with van der Waals surface area (Å²) in [7, 11) is 0. The van der Waals surface area contributed by atoms with E-state index in [-0.39, 0.29) is 5.91 Å². The Balaban J connectivity index is 1.47. The van der Waals surface area contributed by atoms with Gasteiger partial charge in [-0.25, -0.2) is 4.98 Å². The molecule has 11 heteroatoms. The number of carbonyl (C=O) groups excluding carboxylic acids is 1. The van der Waals surface area contributed by atoms with Gasteiger partial charge in [-0.3, -0.25) is 15.1 Å². The first kappa shape index (κ1) is 18.7. The quantitative estimate of drug-likeness (QED) is 0.616. The molecule has 0 bridgehead atoms. The highest BCUT2D eigenvalue weighted by Gasteiger charge is 2.21. The molecule has 0 aromatic carbocycles. The van der Waals surface area contributed by atoms with E-state index < -0.39 is 0 Å². The number of amides is 1. The Morgan fingerprint density at radius 3 is 2.96 bits per heavy atom. The molecule has 1 fully saturated rings. The second kappa shape index (κ2) is 8.59. The van der Waals surface area contributed by atoms with E-state index in [2.05, 4.69) is 41.4 Å². The van der Waals surface area contributed by atoms with E-state index in [9.17, 15) is 4.79 Å². The second-order valence-electron chi connectivity index (χ2n) is 5.74. The van der Waals surface area contributed by atoms with Gasteiger partial charge < -0.3 is 14.4 Å². The molecular weight excluding hydrogens is 448 g/mol. The zero-order valence-electron chi connectivity index (χ0n) is 14.5. The molecule has 0 aliphatic carbocycles. The lowest BCUT2D eigenvalue weighted by Gasteiger charge is -2.28. The van der Waals surface area contributed by atoms with Gasteiger partial charge in [-0.1, -0.05) is 5.10 Å². The molecule has 0 atom stereocenters. The highest BCUT2D eigenvalue weighted by Crippen LogP contribution is 2.29. The molecule has 1 amide bonds. The molecule has 1 aliphatic rings. The molecule has 28 heavy (non-hydrogen) atoms. The summed E-state index contributed by atoms with van der Waals surface area (Å²) in [6.45, 7) is 2.60. The van der Waals surface area contributed by atoms with E-state index in [0.717, 1.165) is 15.8 Å². The predicted molar refractivity (Wildman–Crippen MR) is 107 cm³/mol. The minimum Gasteiger partial charge on any atom is -0.428 e. The van der Waals surface area contributed by atoms with Crippen LogP contribution in [-0.4, -0.2) is 52.4 Å². The normalized spacial score (nSPS) is 14.0. The number of halogens is 1. The zero-order chi connectivity index (χ0) is 19.3. The van der Waals surface area contributed by atoms with Crippen LogP contribution in [0.2, 0.25) is 0 Å². The Morgan fingerprint density at radius 2 is 2.14 bits per heavy atom. The predicted octanol–water partition coefficient (Wildman–Crippen LogP) is 2.97. The number of nitrogens with zero attached hydrogens (tertiary/aromatic N) is 5. The van der Waals surface area contributed by atoms with Crippen LogP contribution >= 0.6 is 27.3 Å². The molecule has 0 unspecified atom stereocenters. The summed E-state index contributed by atoms with van der Waals surface area (Å²) in [6, 6.07) is 5.23. The van der Waals surface area contributed by atoms with Gasteiger partial charge in [-0.2, -0.15) is 0 Å². The maximum Gasteiger partial charge on any atom is 0.301 e. The topological polar surface area (TPSA) is 102 Å². The molecule has 1 N–H and O–H groups in total. The van der Waals surface area contributed by atoms with Gasteiger partial charge in [-0.15, -0.1) is 5.10 Å². The summed E-state index contributed by atoms with van der Waals surface area (Å²) in [5.74, 6) is 0.844. The number of anilines is 2. The van der Waals surface area contributed by atoms with E-state index >= 15 is 0 Å². The fourth-order valence-corrected chi connectivity index (χ4v) is 3.57.